The van der Waals surface area contributed by atoms with Crippen LogP contribution in [0.15, 0.2) is 0 Å². The Kier molecular flexibility index (Phi) is 4.37. The molecule has 0 aromatic heterocycles. The fourth-order valence-corrected chi connectivity index (χ4v) is 4.13. The van der Waals surface area contributed by atoms with Gasteiger partial charge in [0.25, 0.3) is 0 Å². The van der Waals surface area contributed by atoms with E-state index in [2.05, 4.69) is 10.6 Å². The lowest BCUT2D eigenvalue weighted by atomic mass is 9.99. The molecule has 2 N–H and O–H groups in total. The fourth-order valence-electron chi connectivity index (χ4n) is 2.59. The van der Waals surface area contributed by atoms with Crippen molar-refractivity contribution in [2.75, 3.05) is 12.9 Å². The number of nitrogens with one attached hydrogen (secondary N) is 2. The van der Waals surface area contributed by atoms with Gasteiger partial charge < -0.3 is 15.4 Å². The van der Waals surface area contributed by atoms with Crippen molar-refractivity contribution in [2.24, 2.45) is 5.92 Å². The summed E-state index contributed by atoms with van der Waals surface area (Å²) >= 11 is 1.91. The minimum Gasteiger partial charge on any atom is -0.469 e. The van der Waals surface area contributed by atoms with Gasteiger partial charge in [-0.3, -0.25) is 4.79 Å². The number of fused-ring (bicyclic) bond motifs is 1. The predicted molar refractivity (Wildman–Crippen MR) is 70.5 cm³/mol. The van der Waals surface area contributed by atoms with E-state index in [1.165, 1.54) is 7.11 Å². The van der Waals surface area contributed by atoms with Crippen molar-refractivity contribution < 1.29 is 14.3 Å². The van der Waals surface area contributed by atoms with Crippen LogP contribution in [0.5, 0.6) is 0 Å². The molecule has 0 unspecified atom stereocenters. The summed E-state index contributed by atoms with van der Waals surface area (Å²) in [6.07, 6.45) is 2.88. The molecule has 2 heterocycles. The third-order valence-corrected chi connectivity index (χ3v) is 5.18. The molecule has 0 saturated carbocycles. The van der Waals surface area contributed by atoms with Crippen molar-refractivity contribution in [2.45, 2.75) is 43.5 Å². The van der Waals surface area contributed by atoms with Crippen LogP contribution >= 0.6 is 11.8 Å². The molecule has 0 radical (unpaired) electrons. The van der Waals surface area contributed by atoms with Gasteiger partial charge in [-0.05, 0) is 12.8 Å². The molecule has 18 heavy (non-hydrogen) atoms. The number of hydrogen-bond acceptors (Lipinski definition) is 4. The Morgan fingerprint density at radius 2 is 2.33 bits per heavy atom. The van der Waals surface area contributed by atoms with Crippen molar-refractivity contribution >= 4 is 23.8 Å². The molecule has 5 nitrogen and oxygen atoms in total. The van der Waals surface area contributed by atoms with Gasteiger partial charge in [-0.1, -0.05) is 13.3 Å². The average molecular weight is 272 g/mol. The maximum absolute atomic E-state index is 11.3. The Bertz CT molecular complexity index is 337. The van der Waals surface area contributed by atoms with Crippen molar-refractivity contribution in [3.05, 3.63) is 0 Å². The number of hydrogen-bond donors (Lipinski definition) is 2. The number of carbonyl (C=O) groups excluding carboxylic acids is 2. The monoisotopic (exact) mass is 272 g/mol. The Morgan fingerprint density at radius 1 is 1.56 bits per heavy atom. The molecule has 0 aromatic carbocycles. The van der Waals surface area contributed by atoms with Gasteiger partial charge >= 0.3 is 12.0 Å². The molecule has 2 amide bonds. The first kappa shape index (κ1) is 13.5. The molecule has 2 fully saturated rings. The Labute approximate surface area is 111 Å². The maximum Gasteiger partial charge on any atom is 0.315 e. The van der Waals surface area contributed by atoms with E-state index in [0.29, 0.717) is 5.25 Å². The predicted octanol–water partition coefficient (Wildman–Crippen LogP) is 1.13. The molecule has 4 atom stereocenters. The highest BCUT2D eigenvalue weighted by Gasteiger charge is 2.42. The Morgan fingerprint density at radius 3 is 3.06 bits per heavy atom. The third kappa shape index (κ3) is 2.91. The molecule has 2 rings (SSSR count). The lowest BCUT2D eigenvalue weighted by molar-refractivity contribution is -0.145. The summed E-state index contributed by atoms with van der Waals surface area (Å²) < 4.78 is 4.71. The zero-order chi connectivity index (χ0) is 13.1. The number of carbonyl (C=O) groups is 2. The van der Waals surface area contributed by atoms with Crippen LogP contribution in [0.3, 0.4) is 0 Å². The van der Waals surface area contributed by atoms with Gasteiger partial charge in [0.2, 0.25) is 0 Å². The van der Waals surface area contributed by atoms with Crippen LogP contribution in [0.2, 0.25) is 0 Å². The maximum atomic E-state index is 11.3. The van der Waals surface area contributed by atoms with Crippen LogP contribution in [0.4, 0.5) is 4.79 Å². The second-order valence-electron chi connectivity index (χ2n) is 4.98. The molecule has 2 aliphatic rings. The number of thioether (sulfide) groups is 1. The van der Waals surface area contributed by atoms with Crippen LogP contribution in [-0.2, 0) is 9.53 Å². The van der Waals surface area contributed by atoms with Crippen LogP contribution < -0.4 is 10.6 Å². The van der Waals surface area contributed by atoms with Gasteiger partial charge in [0, 0.05) is 11.0 Å². The zero-order valence-corrected chi connectivity index (χ0v) is 11.6. The van der Waals surface area contributed by atoms with Crippen LogP contribution in [0, 0.1) is 5.92 Å². The molecule has 6 heteroatoms. The van der Waals surface area contributed by atoms with E-state index in [1.54, 1.807) is 0 Å². The van der Waals surface area contributed by atoms with E-state index in [9.17, 15) is 9.59 Å². The van der Waals surface area contributed by atoms with Gasteiger partial charge in [0.1, 0.15) is 0 Å². The first-order chi connectivity index (χ1) is 8.61. The van der Waals surface area contributed by atoms with E-state index in [4.69, 9.17) is 4.74 Å². The molecule has 0 bridgehead atoms. The SMILES string of the molecule is COC(=O)[C@@H](C)CCC[C@@H]1SC[C@@H]2NC(=O)N[C@@H]21. The van der Waals surface area contributed by atoms with E-state index in [-0.39, 0.29) is 30.0 Å². The number of esters is 1. The second kappa shape index (κ2) is 5.82. The number of ether oxygens (including phenoxy) is 1. The van der Waals surface area contributed by atoms with Crippen molar-refractivity contribution in [3.63, 3.8) is 0 Å². The molecule has 2 saturated heterocycles. The fraction of sp³-hybridized carbons (Fsp3) is 0.833. The highest BCUT2D eigenvalue weighted by Crippen LogP contribution is 2.33. The smallest absolute Gasteiger partial charge is 0.315 e. The van der Waals surface area contributed by atoms with Crippen LogP contribution in [0.25, 0.3) is 0 Å². The molecule has 0 spiro atoms. The van der Waals surface area contributed by atoms with Gasteiger partial charge in [-0.25, -0.2) is 4.79 Å². The lowest BCUT2D eigenvalue weighted by Gasteiger charge is -2.17. The quantitative estimate of drug-likeness (QED) is 0.581. The zero-order valence-electron chi connectivity index (χ0n) is 10.8. The second-order valence-corrected chi connectivity index (χ2v) is 6.25. The van der Waals surface area contributed by atoms with Gasteiger partial charge in [-0.2, -0.15) is 11.8 Å². The van der Waals surface area contributed by atoms with Crippen LogP contribution in [-0.4, -0.2) is 42.2 Å². The minimum atomic E-state index is -0.136. The molecular weight excluding hydrogens is 252 g/mol. The standard InChI is InChI=1S/C12H20N2O3S/c1-7(11(15)17-2)4-3-5-9-10-8(6-18-9)13-12(16)14-10/h7-10H,3-6H2,1-2H3,(H2,13,14,16)/t7-,8-,9-,10-/m0/s1. The third-order valence-electron chi connectivity index (χ3n) is 3.67. The summed E-state index contributed by atoms with van der Waals surface area (Å²) in [6, 6.07) is 0.500. The summed E-state index contributed by atoms with van der Waals surface area (Å²) in [6.45, 7) is 1.90. The highest BCUT2D eigenvalue weighted by atomic mass is 32.2. The lowest BCUT2D eigenvalue weighted by Crippen LogP contribution is -2.36. The first-order valence-electron chi connectivity index (χ1n) is 6.38. The molecular formula is C12H20N2O3S. The number of urea groups is 1. The van der Waals surface area contributed by atoms with Gasteiger partial charge in [0.15, 0.2) is 0 Å². The summed E-state index contributed by atoms with van der Waals surface area (Å²) in [5.74, 6) is 0.817. The summed E-state index contributed by atoms with van der Waals surface area (Å²) in [7, 11) is 1.43. The molecule has 102 valence electrons. The first-order valence-corrected chi connectivity index (χ1v) is 7.43. The van der Waals surface area contributed by atoms with Gasteiger partial charge in [0.05, 0.1) is 25.1 Å². The Hall–Kier alpha value is -0.910. The highest BCUT2D eigenvalue weighted by molar-refractivity contribution is 8.00. The normalized spacial score (nSPS) is 31.4. The molecule has 2 aliphatic heterocycles. The van der Waals surface area contributed by atoms with E-state index >= 15 is 0 Å². The summed E-state index contributed by atoms with van der Waals surface area (Å²) in [5, 5.41) is 6.37. The van der Waals surface area contributed by atoms with Gasteiger partial charge in [-0.15, -0.1) is 0 Å². The van der Waals surface area contributed by atoms with Crippen molar-refractivity contribution in [1.29, 1.82) is 0 Å². The Balaban J connectivity index is 1.71. The number of methoxy groups -OCH3 is 1. The largest absolute Gasteiger partial charge is 0.469 e. The van der Waals surface area contributed by atoms with E-state index < -0.39 is 0 Å². The minimum absolute atomic E-state index is 0.0338. The summed E-state index contributed by atoms with van der Waals surface area (Å²) in [4.78, 5) is 22.5. The van der Waals surface area contributed by atoms with E-state index in [1.807, 2.05) is 18.7 Å². The average Bonchev–Trinajstić information content (AvgIpc) is 2.88. The summed E-state index contributed by atoms with van der Waals surface area (Å²) in [5.41, 5.74) is 0. The number of amides is 2. The van der Waals surface area contributed by atoms with Crippen LogP contribution in [0.1, 0.15) is 26.2 Å². The molecule has 0 aromatic rings. The van der Waals surface area contributed by atoms with Crippen molar-refractivity contribution in [1.82, 2.24) is 10.6 Å². The van der Waals surface area contributed by atoms with Crippen molar-refractivity contribution in [3.8, 4) is 0 Å². The molecule has 0 aliphatic carbocycles. The topological polar surface area (TPSA) is 67.4 Å². The van der Waals surface area contributed by atoms with E-state index in [0.717, 1.165) is 25.0 Å². The number of rotatable bonds is 5.